The van der Waals surface area contributed by atoms with Gasteiger partial charge in [0.1, 0.15) is 5.78 Å². The minimum Gasteiger partial charge on any atom is -0.477 e. The molecule has 152 valence electrons. The summed E-state index contributed by atoms with van der Waals surface area (Å²) < 4.78 is 0. The Labute approximate surface area is 162 Å². The van der Waals surface area contributed by atoms with Gasteiger partial charge in [-0.15, -0.1) is 5.73 Å². The Hall–Kier alpha value is -1.68. The van der Waals surface area contributed by atoms with Crippen molar-refractivity contribution in [3.63, 3.8) is 0 Å². The minimum absolute atomic E-state index is 0.0610. The summed E-state index contributed by atoms with van der Waals surface area (Å²) in [6, 6.07) is 0. The fourth-order valence-corrected chi connectivity index (χ4v) is 3.46. The highest BCUT2D eigenvalue weighted by Gasteiger charge is 2.33. The van der Waals surface area contributed by atoms with Gasteiger partial charge in [-0.2, -0.15) is 0 Å². The molecule has 0 radical (unpaired) electrons. The highest BCUT2D eigenvalue weighted by molar-refractivity contribution is 5.83. The van der Waals surface area contributed by atoms with Crippen LogP contribution in [0.1, 0.15) is 78.1 Å². The van der Waals surface area contributed by atoms with Crippen molar-refractivity contribution in [2.24, 2.45) is 11.8 Å². The molecule has 3 N–H and O–H groups in total. The molecule has 2 atom stereocenters. The van der Waals surface area contributed by atoms with E-state index in [0.29, 0.717) is 18.4 Å². The van der Waals surface area contributed by atoms with Gasteiger partial charge < -0.3 is 15.3 Å². The van der Waals surface area contributed by atoms with Crippen LogP contribution in [0.4, 0.5) is 0 Å². The monoisotopic (exact) mass is 378 g/mol. The molecular formula is C22H34O5. The van der Waals surface area contributed by atoms with E-state index in [1.165, 1.54) is 32.1 Å². The molecule has 0 bridgehead atoms. The molecule has 0 aromatic carbocycles. The Morgan fingerprint density at radius 3 is 2.63 bits per heavy atom. The molecule has 0 aromatic heterocycles. The van der Waals surface area contributed by atoms with E-state index in [4.69, 9.17) is 5.11 Å². The van der Waals surface area contributed by atoms with E-state index in [1.807, 2.05) is 0 Å². The lowest BCUT2D eigenvalue weighted by Gasteiger charge is -2.15. The maximum atomic E-state index is 12.1. The van der Waals surface area contributed by atoms with Crippen LogP contribution in [0, 0.1) is 11.8 Å². The van der Waals surface area contributed by atoms with E-state index in [-0.39, 0.29) is 17.6 Å². The molecule has 27 heavy (non-hydrogen) atoms. The van der Waals surface area contributed by atoms with Gasteiger partial charge in [0.15, 0.2) is 0 Å². The second-order valence-electron chi connectivity index (χ2n) is 7.57. The summed E-state index contributed by atoms with van der Waals surface area (Å²) in [4.78, 5) is 22.9. The highest BCUT2D eigenvalue weighted by atomic mass is 16.5. The predicted octanol–water partition coefficient (Wildman–Crippen LogP) is 4.15. The van der Waals surface area contributed by atoms with Crippen LogP contribution >= 0.6 is 0 Å². The number of aliphatic hydroxyl groups is 2. The number of rotatable bonds is 12. The van der Waals surface area contributed by atoms with Crippen molar-refractivity contribution >= 4 is 11.8 Å². The molecule has 1 aliphatic rings. The Kier molecular flexibility index (Phi) is 10.3. The van der Waals surface area contributed by atoms with E-state index in [2.05, 4.69) is 24.8 Å². The van der Waals surface area contributed by atoms with Gasteiger partial charge in [0.25, 0.3) is 5.79 Å². The number of carbonyl (C=O) groups is 2. The van der Waals surface area contributed by atoms with Crippen molar-refractivity contribution in [3.8, 4) is 0 Å². The minimum atomic E-state index is -2.78. The summed E-state index contributed by atoms with van der Waals surface area (Å²) in [5.74, 6) is -4.02. The molecule has 0 unspecified atom stereocenters. The standard InChI is InChI=1S/C22H34O5/c1-3-4-5-6-7-8-9-12-18-14-15-20(23)19(18)13-10-11-17(2)16-22(26,27)21(24)25/h9-10,12,18-19,26-27H,3-8,13-16H2,1-2H3,(H,24,25)/t11?,18-,19+/m0/s1. The average Bonchev–Trinajstić information content (AvgIpc) is 2.94. The Balaban J connectivity index is 2.52. The summed E-state index contributed by atoms with van der Waals surface area (Å²) in [6.07, 6.45) is 15.0. The van der Waals surface area contributed by atoms with Crippen LogP contribution < -0.4 is 0 Å². The molecular weight excluding hydrogens is 344 g/mol. The maximum Gasteiger partial charge on any atom is 0.364 e. The number of carboxylic acid groups (broad SMARTS) is 1. The molecule has 0 amide bonds. The zero-order valence-corrected chi connectivity index (χ0v) is 16.6. The first-order valence-electron chi connectivity index (χ1n) is 10.1. The normalized spacial score (nSPS) is 20.1. The SMILES string of the molecule is CCCCCCCC=C[C@H]1CCC(=O)[C@@H]1CC=C=C(C)CC(O)(O)C(=O)O. The number of hydrogen-bond acceptors (Lipinski definition) is 4. The summed E-state index contributed by atoms with van der Waals surface area (Å²) in [6.45, 7) is 3.80. The number of unbranched alkanes of at least 4 members (excludes halogenated alkanes) is 5. The largest absolute Gasteiger partial charge is 0.477 e. The Bertz CT molecular complexity index is 582. The first-order chi connectivity index (χ1) is 12.8. The van der Waals surface area contributed by atoms with Crippen LogP contribution in [0.3, 0.4) is 0 Å². The van der Waals surface area contributed by atoms with Crippen molar-refractivity contribution < 1.29 is 24.9 Å². The van der Waals surface area contributed by atoms with E-state index < -0.39 is 18.2 Å². The van der Waals surface area contributed by atoms with Crippen molar-refractivity contribution in [1.82, 2.24) is 0 Å². The quantitative estimate of drug-likeness (QED) is 0.205. The molecule has 1 fully saturated rings. The second-order valence-corrected chi connectivity index (χ2v) is 7.57. The van der Waals surface area contributed by atoms with Gasteiger partial charge in [0, 0.05) is 18.8 Å². The Morgan fingerprint density at radius 2 is 1.96 bits per heavy atom. The first-order valence-corrected chi connectivity index (χ1v) is 10.1. The topological polar surface area (TPSA) is 94.8 Å². The number of Topliss-reactive ketones (excluding diaryl/α,β-unsaturated/α-hetero) is 1. The fourth-order valence-electron chi connectivity index (χ4n) is 3.46. The van der Waals surface area contributed by atoms with E-state index in [1.54, 1.807) is 13.0 Å². The van der Waals surface area contributed by atoms with Gasteiger partial charge in [-0.3, -0.25) is 4.79 Å². The highest BCUT2D eigenvalue weighted by Crippen LogP contribution is 2.32. The van der Waals surface area contributed by atoms with Gasteiger partial charge in [0.2, 0.25) is 0 Å². The van der Waals surface area contributed by atoms with E-state index in [0.717, 1.165) is 12.8 Å². The predicted molar refractivity (Wildman–Crippen MR) is 105 cm³/mol. The summed E-state index contributed by atoms with van der Waals surface area (Å²) in [7, 11) is 0. The molecule has 0 saturated heterocycles. The van der Waals surface area contributed by atoms with Crippen LogP contribution in [-0.2, 0) is 9.59 Å². The molecule has 0 aliphatic heterocycles. The number of hydrogen-bond donors (Lipinski definition) is 3. The Morgan fingerprint density at radius 1 is 1.26 bits per heavy atom. The third-order valence-electron chi connectivity index (χ3n) is 5.09. The zero-order valence-electron chi connectivity index (χ0n) is 16.6. The lowest BCUT2D eigenvalue weighted by atomic mass is 9.91. The van der Waals surface area contributed by atoms with E-state index >= 15 is 0 Å². The molecule has 0 heterocycles. The molecule has 1 rings (SSSR count). The second kappa shape index (κ2) is 11.9. The summed E-state index contributed by atoms with van der Waals surface area (Å²) in [5.41, 5.74) is 3.31. The van der Waals surface area contributed by atoms with Gasteiger partial charge in [-0.1, -0.05) is 44.8 Å². The average molecular weight is 379 g/mol. The molecule has 0 spiro atoms. The van der Waals surface area contributed by atoms with Gasteiger partial charge in [-0.05, 0) is 50.2 Å². The van der Waals surface area contributed by atoms with Crippen LogP contribution in [0.15, 0.2) is 29.5 Å². The molecule has 5 heteroatoms. The van der Waals surface area contributed by atoms with Crippen molar-refractivity contribution in [2.45, 2.75) is 83.8 Å². The van der Waals surface area contributed by atoms with Crippen LogP contribution in [0.2, 0.25) is 0 Å². The number of carboxylic acids is 1. The lowest BCUT2D eigenvalue weighted by Crippen LogP contribution is -2.38. The smallest absolute Gasteiger partial charge is 0.364 e. The molecule has 0 aromatic rings. The maximum absolute atomic E-state index is 12.1. The molecule has 5 nitrogen and oxygen atoms in total. The number of ketones is 1. The van der Waals surface area contributed by atoms with Crippen molar-refractivity contribution in [3.05, 3.63) is 29.5 Å². The summed E-state index contributed by atoms with van der Waals surface area (Å²) >= 11 is 0. The van der Waals surface area contributed by atoms with Gasteiger partial charge in [0.05, 0.1) is 0 Å². The number of carbonyl (C=O) groups excluding carboxylic acids is 1. The van der Waals surface area contributed by atoms with Crippen molar-refractivity contribution in [1.29, 1.82) is 0 Å². The van der Waals surface area contributed by atoms with Crippen molar-refractivity contribution in [2.75, 3.05) is 0 Å². The fraction of sp³-hybridized carbons (Fsp3) is 0.682. The molecule has 1 aliphatic carbocycles. The lowest BCUT2D eigenvalue weighted by molar-refractivity contribution is -0.202. The van der Waals surface area contributed by atoms with Crippen LogP contribution in [0.5, 0.6) is 0 Å². The third kappa shape index (κ3) is 8.70. The van der Waals surface area contributed by atoms with Crippen LogP contribution in [0.25, 0.3) is 0 Å². The zero-order chi connectivity index (χ0) is 20.3. The van der Waals surface area contributed by atoms with Gasteiger partial charge in [-0.25, -0.2) is 4.79 Å². The van der Waals surface area contributed by atoms with Gasteiger partial charge >= 0.3 is 5.97 Å². The van der Waals surface area contributed by atoms with E-state index in [9.17, 15) is 19.8 Å². The van der Waals surface area contributed by atoms with Crippen LogP contribution in [-0.4, -0.2) is 32.9 Å². The first kappa shape index (κ1) is 23.4. The third-order valence-corrected chi connectivity index (χ3v) is 5.09. The number of aliphatic carboxylic acids is 1. The number of allylic oxidation sites excluding steroid dienone is 2. The summed E-state index contributed by atoms with van der Waals surface area (Å²) in [5, 5.41) is 27.4. The molecule has 1 saturated carbocycles.